The fraction of sp³-hybridized carbons (Fsp3) is 0.400. The highest BCUT2D eigenvalue weighted by atomic mass is 16.3. The van der Waals surface area contributed by atoms with Gasteiger partial charge in [-0.25, -0.2) is 0 Å². The Hall–Kier alpha value is -1.61. The lowest BCUT2D eigenvalue weighted by atomic mass is 10.1. The van der Waals surface area contributed by atoms with Gasteiger partial charge < -0.3 is 5.11 Å². The van der Waals surface area contributed by atoms with E-state index in [4.69, 9.17) is 0 Å². The molecule has 100 valence electrons. The summed E-state index contributed by atoms with van der Waals surface area (Å²) < 4.78 is 0. The van der Waals surface area contributed by atoms with E-state index in [0.717, 1.165) is 16.8 Å². The van der Waals surface area contributed by atoms with E-state index < -0.39 is 6.10 Å². The largest absolute Gasteiger partial charge is 0.389 e. The summed E-state index contributed by atoms with van der Waals surface area (Å²) in [4.78, 5) is 0. The summed E-state index contributed by atoms with van der Waals surface area (Å²) in [6.07, 6.45) is 1.28. The normalized spacial score (nSPS) is 10.6. The van der Waals surface area contributed by atoms with Crippen LogP contribution in [0.5, 0.6) is 0 Å². The Bertz CT molecular complexity index is 408. The molecule has 1 atom stereocenters. The van der Waals surface area contributed by atoms with E-state index >= 15 is 0 Å². The Morgan fingerprint density at radius 1 is 1.11 bits per heavy atom. The highest BCUT2D eigenvalue weighted by Crippen LogP contribution is 2.20. The van der Waals surface area contributed by atoms with E-state index in [1.165, 1.54) is 0 Å². The van der Waals surface area contributed by atoms with Gasteiger partial charge in [0.15, 0.2) is 0 Å². The molecule has 0 aliphatic heterocycles. The quantitative estimate of drug-likeness (QED) is 0.837. The van der Waals surface area contributed by atoms with Crippen LogP contribution in [0.15, 0.2) is 36.5 Å². The number of aromatic amines is 1. The van der Waals surface area contributed by atoms with Crippen molar-refractivity contribution in [3.05, 3.63) is 42.1 Å². The molecular formula is C15H24N2O. The van der Waals surface area contributed by atoms with Crippen molar-refractivity contribution in [2.75, 3.05) is 0 Å². The smallest absolute Gasteiger partial charge is 0.0762 e. The lowest BCUT2D eigenvalue weighted by Gasteiger charge is -2.05. The number of aliphatic hydroxyl groups excluding tert-OH is 1. The van der Waals surface area contributed by atoms with Crippen LogP contribution < -0.4 is 0 Å². The zero-order valence-corrected chi connectivity index (χ0v) is 11.9. The van der Waals surface area contributed by atoms with Gasteiger partial charge in [-0.15, -0.1) is 0 Å². The van der Waals surface area contributed by atoms with E-state index in [9.17, 15) is 5.11 Å². The number of H-pyrrole nitrogens is 1. The van der Waals surface area contributed by atoms with Gasteiger partial charge in [-0.3, -0.25) is 5.10 Å². The van der Waals surface area contributed by atoms with Crippen molar-refractivity contribution in [1.82, 2.24) is 10.2 Å². The van der Waals surface area contributed by atoms with Crippen LogP contribution in [0.3, 0.4) is 0 Å². The molecule has 1 unspecified atom stereocenters. The molecule has 2 aromatic rings. The molecule has 3 heteroatoms. The molecule has 0 aliphatic carbocycles. The van der Waals surface area contributed by atoms with Crippen molar-refractivity contribution in [3.8, 4) is 11.3 Å². The number of nitrogens with one attached hydrogen (secondary N) is 1. The van der Waals surface area contributed by atoms with Gasteiger partial charge in [0, 0.05) is 6.20 Å². The van der Waals surface area contributed by atoms with Crippen molar-refractivity contribution >= 4 is 0 Å². The molecule has 0 bridgehead atoms. The Morgan fingerprint density at radius 3 is 2.28 bits per heavy atom. The van der Waals surface area contributed by atoms with Crippen molar-refractivity contribution in [2.45, 2.75) is 40.7 Å². The minimum absolute atomic E-state index is 0.433. The predicted molar refractivity (Wildman–Crippen MR) is 77.4 cm³/mol. The molecule has 2 rings (SSSR count). The summed E-state index contributed by atoms with van der Waals surface area (Å²) in [5.74, 6) is 0. The summed E-state index contributed by atoms with van der Waals surface area (Å²) in [7, 11) is 0. The van der Waals surface area contributed by atoms with Crippen LogP contribution in [0.4, 0.5) is 0 Å². The standard InChI is InChI=1S/C11H12N2O.2C2H6/c1-8(14)9-3-2-4-10(7-9)11-5-6-12-13-11;2*1-2/h2-8,14H,1H3,(H,12,13);2*1-2H3. The fourth-order valence-electron chi connectivity index (χ4n) is 1.38. The minimum atomic E-state index is -0.433. The van der Waals surface area contributed by atoms with Crippen LogP contribution in [-0.4, -0.2) is 15.3 Å². The second kappa shape index (κ2) is 9.42. The summed E-state index contributed by atoms with van der Waals surface area (Å²) in [5.41, 5.74) is 2.92. The lowest BCUT2D eigenvalue weighted by Crippen LogP contribution is -1.90. The summed E-state index contributed by atoms with van der Waals surface area (Å²) in [6.45, 7) is 9.76. The average molecular weight is 248 g/mol. The Balaban J connectivity index is 0.000000659. The molecule has 0 aliphatic rings. The monoisotopic (exact) mass is 248 g/mol. The van der Waals surface area contributed by atoms with Crippen molar-refractivity contribution < 1.29 is 5.11 Å². The second-order valence-corrected chi connectivity index (χ2v) is 3.27. The maximum Gasteiger partial charge on any atom is 0.0762 e. The first kappa shape index (κ1) is 16.4. The fourth-order valence-corrected chi connectivity index (χ4v) is 1.38. The van der Waals surface area contributed by atoms with Crippen LogP contribution in [0, 0.1) is 0 Å². The summed E-state index contributed by atoms with van der Waals surface area (Å²) in [6, 6.07) is 9.68. The zero-order chi connectivity index (χ0) is 14.0. The van der Waals surface area contributed by atoms with Crippen LogP contribution in [-0.2, 0) is 0 Å². The van der Waals surface area contributed by atoms with Gasteiger partial charge in [0.2, 0.25) is 0 Å². The third-order valence-electron chi connectivity index (χ3n) is 2.18. The molecular weight excluding hydrogens is 224 g/mol. The van der Waals surface area contributed by atoms with Crippen molar-refractivity contribution in [3.63, 3.8) is 0 Å². The van der Waals surface area contributed by atoms with E-state index in [0.29, 0.717) is 0 Å². The number of rotatable bonds is 2. The Labute approximate surface area is 110 Å². The first-order valence-corrected chi connectivity index (χ1v) is 6.55. The van der Waals surface area contributed by atoms with E-state index in [1.807, 2.05) is 58.0 Å². The molecule has 0 saturated heterocycles. The molecule has 1 heterocycles. The number of benzene rings is 1. The highest BCUT2D eigenvalue weighted by molar-refractivity contribution is 5.59. The number of aromatic nitrogens is 2. The van der Waals surface area contributed by atoms with Gasteiger partial charge >= 0.3 is 0 Å². The SMILES string of the molecule is CC.CC.CC(O)c1cccc(-c2ccn[nH]2)c1. The summed E-state index contributed by atoms with van der Waals surface area (Å²) in [5, 5.41) is 16.2. The van der Waals surface area contributed by atoms with Crippen LogP contribution in [0.2, 0.25) is 0 Å². The lowest BCUT2D eigenvalue weighted by molar-refractivity contribution is 0.199. The van der Waals surface area contributed by atoms with E-state index in [1.54, 1.807) is 13.1 Å². The van der Waals surface area contributed by atoms with Gasteiger partial charge in [0.25, 0.3) is 0 Å². The Kier molecular flexibility index (Phi) is 8.58. The van der Waals surface area contributed by atoms with Crippen LogP contribution in [0.25, 0.3) is 11.3 Å². The van der Waals surface area contributed by atoms with Gasteiger partial charge in [0.05, 0.1) is 11.8 Å². The first-order valence-electron chi connectivity index (χ1n) is 6.55. The van der Waals surface area contributed by atoms with E-state index in [2.05, 4.69) is 10.2 Å². The molecule has 1 aromatic carbocycles. The number of hydrogen-bond donors (Lipinski definition) is 2. The molecule has 3 nitrogen and oxygen atoms in total. The molecule has 0 fully saturated rings. The third kappa shape index (κ3) is 4.72. The maximum absolute atomic E-state index is 9.42. The van der Waals surface area contributed by atoms with Crippen LogP contribution in [0.1, 0.15) is 46.3 Å². The zero-order valence-electron chi connectivity index (χ0n) is 11.9. The van der Waals surface area contributed by atoms with Crippen LogP contribution >= 0.6 is 0 Å². The third-order valence-corrected chi connectivity index (χ3v) is 2.18. The molecule has 0 saturated carbocycles. The topological polar surface area (TPSA) is 48.9 Å². The molecule has 0 radical (unpaired) electrons. The second-order valence-electron chi connectivity index (χ2n) is 3.27. The van der Waals surface area contributed by atoms with Crippen molar-refractivity contribution in [2.24, 2.45) is 0 Å². The van der Waals surface area contributed by atoms with Gasteiger partial charge in [0.1, 0.15) is 0 Å². The number of hydrogen-bond acceptors (Lipinski definition) is 2. The molecule has 0 amide bonds. The number of aliphatic hydroxyl groups is 1. The van der Waals surface area contributed by atoms with Gasteiger partial charge in [-0.2, -0.15) is 5.10 Å². The highest BCUT2D eigenvalue weighted by Gasteiger charge is 2.03. The average Bonchev–Trinajstić information content (AvgIpc) is 2.97. The summed E-state index contributed by atoms with van der Waals surface area (Å²) >= 11 is 0. The van der Waals surface area contributed by atoms with Gasteiger partial charge in [-0.1, -0.05) is 45.9 Å². The minimum Gasteiger partial charge on any atom is -0.389 e. The van der Waals surface area contributed by atoms with Gasteiger partial charge in [-0.05, 0) is 30.2 Å². The first-order chi connectivity index (χ1) is 8.77. The molecule has 1 aromatic heterocycles. The predicted octanol–water partition coefficient (Wildman–Crippen LogP) is 4.18. The molecule has 18 heavy (non-hydrogen) atoms. The molecule has 0 spiro atoms. The van der Waals surface area contributed by atoms with Crippen molar-refractivity contribution in [1.29, 1.82) is 0 Å². The van der Waals surface area contributed by atoms with E-state index in [-0.39, 0.29) is 0 Å². The molecule has 2 N–H and O–H groups in total. The maximum atomic E-state index is 9.42. The number of nitrogens with zero attached hydrogens (tertiary/aromatic N) is 1. The Morgan fingerprint density at radius 2 is 1.78 bits per heavy atom.